The van der Waals surface area contributed by atoms with E-state index in [9.17, 15) is 9.90 Å². The Labute approximate surface area is 147 Å². The van der Waals surface area contributed by atoms with Gasteiger partial charge >= 0.3 is 0 Å². The molecule has 2 aromatic rings. The maximum atomic E-state index is 12.1. The molecule has 24 heavy (non-hydrogen) atoms. The fraction of sp³-hybridized carbons (Fsp3) is 0.316. The van der Waals surface area contributed by atoms with Crippen molar-refractivity contribution in [1.82, 2.24) is 10.2 Å². The highest BCUT2D eigenvalue weighted by molar-refractivity contribution is 6.34. The van der Waals surface area contributed by atoms with Crippen LogP contribution in [0.25, 0.3) is 0 Å². The first-order chi connectivity index (χ1) is 11.6. The number of carbonyl (C=O) groups is 1. The Balaban J connectivity index is 1.45. The van der Waals surface area contributed by atoms with Crippen LogP contribution in [0.4, 0.5) is 0 Å². The molecule has 0 saturated heterocycles. The third-order valence-electron chi connectivity index (χ3n) is 4.37. The molecule has 2 aromatic carbocycles. The summed E-state index contributed by atoms with van der Waals surface area (Å²) in [5, 5.41) is 12.9. The molecule has 0 aromatic heterocycles. The number of halogens is 1. The van der Waals surface area contributed by atoms with Gasteiger partial charge in [-0.1, -0.05) is 41.9 Å². The highest BCUT2D eigenvalue weighted by Crippen LogP contribution is 2.24. The summed E-state index contributed by atoms with van der Waals surface area (Å²) in [6.07, 6.45) is 1.94. The van der Waals surface area contributed by atoms with Crippen LogP contribution < -0.4 is 5.32 Å². The van der Waals surface area contributed by atoms with Crippen LogP contribution in [-0.2, 0) is 13.0 Å². The molecule has 4 nitrogen and oxygen atoms in total. The Bertz CT molecular complexity index is 713. The van der Waals surface area contributed by atoms with E-state index < -0.39 is 0 Å². The van der Waals surface area contributed by atoms with Crippen molar-refractivity contribution in [2.45, 2.75) is 19.4 Å². The molecular formula is C19H21ClN2O2. The first-order valence-electron chi connectivity index (χ1n) is 8.20. The summed E-state index contributed by atoms with van der Waals surface area (Å²) in [5.41, 5.74) is 2.98. The van der Waals surface area contributed by atoms with Crippen LogP contribution in [0.1, 0.15) is 27.9 Å². The van der Waals surface area contributed by atoms with Crippen molar-refractivity contribution >= 4 is 17.5 Å². The second kappa shape index (κ2) is 7.69. The van der Waals surface area contributed by atoms with Crippen molar-refractivity contribution in [1.29, 1.82) is 0 Å². The van der Waals surface area contributed by atoms with Gasteiger partial charge in [0.2, 0.25) is 0 Å². The summed E-state index contributed by atoms with van der Waals surface area (Å²) in [5.74, 6) is -0.422. The number of nitrogens with one attached hydrogen (secondary N) is 1. The minimum atomic E-state index is -0.331. The molecule has 0 radical (unpaired) electrons. The summed E-state index contributed by atoms with van der Waals surface area (Å²) < 4.78 is 0. The van der Waals surface area contributed by atoms with Crippen LogP contribution in [0.15, 0.2) is 42.5 Å². The van der Waals surface area contributed by atoms with Gasteiger partial charge in [-0.15, -0.1) is 0 Å². The van der Waals surface area contributed by atoms with Crippen molar-refractivity contribution in [3.63, 3.8) is 0 Å². The molecule has 126 valence electrons. The number of benzene rings is 2. The van der Waals surface area contributed by atoms with Gasteiger partial charge in [-0.2, -0.15) is 0 Å². The van der Waals surface area contributed by atoms with E-state index in [-0.39, 0.29) is 22.2 Å². The topological polar surface area (TPSA) is 52.6 Å². The molecule has 0 unspecified atom stereocenters. The Kier molecular flexibility index (Phi) is 5.38. The van der Waals surface area contributed by atoms with Crippen molar-refractivity contribution in [2.24, 2.45) is 0 Å². The zero-order valence-electron chi connectivity index (χ0n) is 13.5. The summed E-state index contributed by atoms with van der Waals surface area (Å²) >= 11 is 5.98. The quantitative estimate of drug-likeness (QED) is 0.819. The molecule has 1 aliphatic heterocycles. The Hall–Kier alpha value is -2.04. The number of fused-ring (bicyclic) bond motifs is 1. The number of rotatable bonds is 5. The third kappa shape index (κ3) is 3.89. The molecule has 1 amide bonds. The van der Waals surface area contributed by atoms with Gasteiger partial charge in [0.1, 0.15) is 5.75 Å². The predicted octanol–water partition coefficient (Wildman–Crippen LogP) is 3.22. The smallest absolute Gasteiger partial charge is 0.256 e. The van der Waals surface area contributed by atoms with E-state index >= 15 is 0 Å². The van der Waals surface area contributed by atoms with Crippen LogP contribution in [0.3, 0.4) is 0 Å². The fourth-order valence-corrected chi connectivity index (χ4v) is 3.33. The Morgan fingerprint density at radius 2 is 1.96 bits per heavy atom. The molecule has 0 spiro atoms. The largest absolute Gasteiger partial charge is 0.507 e. The van der Waals surface area contributed by atoms with Crippen molar-refractivity contribution in [3.05, 3.63) is 64.2 Å². The minimum absolute atomic E-state index is 0.0902. The van der Waals surface area contributed by atoms with E-state index in [2.05, 4.69) is 34.5 Å². The number of carbonyl (C=O) groups excluding carboxylic acids is 1. The van der Waals surface area contributed by atoms with E-state index in [1.54, 1.807) is 12.1 Å². The van der Waals surface area contributed by atoms with Gasteiger partial charge in [0, 0.05) is 26.2 Å². The van der Waals surface area contributed by atoms with Gasteiger partial charge in [0.15, 0.2) is 0 Å². The lowest BCUT2D eigenvalue weighted by atomic mass is 10.00. The van der Waals surface area contributed by atoms with Gasteiger partial charge in [-0.25, -0.2) is 0 Å². The van der Waals surface area contributed by atoms with Crippen LogP contribution in [0.2, 0.25) is 5.02 Å². The van der Waals surface area contributed by atoms with Crippen LogP contribution in [0.5, 0.6) is 5.75 Å². The van der Waals surface area contributed by atoms with Crippen LogP contribution in [0, 0.1) is 0 Å². The summed E-state index contributed by atoms with van der Waals surface area (Å²) in [6, 6.07) is 13.2. The third-order valence-corrected chi connectivity index (χ3v) is 4.68. The minimum Gasteiger partial charge on any atom is -0.507 e. The van der Waals surface area contributed by atoms with Crippen molar-refractivity contribution < 1.29 is 9.90 Å². The number of nitrogens with zero attached hydrogens (tertiary/aromatic N) is 1. The normalized spacial score (nSPS) is 14.2. The zero-order chi connectivity index (χ0) is 16.9. The van der Waals surface area contributed by atoms with Gasteiger partial charge in [-0.05, 0) is 36.1 Å². The lowest BCUT2D eigenvalue weighted by Crippen LogP contribution is -2.33. The molecule has 1 aliphatic rings. The SMILES string of the molecule is O=C(NCCCN1CCc2ccccc2C1)c1c(O)cccc1Cl. The molecule has 0 saturated carbocycles. The number of hydrogen-bond donors (Lipinski definition) is 2. The second-order valence-electron chi connectivity index (χ2n) is 6.04. The number of amides is 1. The fourth-order valence-electron chi connectivity index (χ4n) is 3.08. The lowest BCUT2D eigenvalue weighted by Gasteiger charge is -2.28. The summed E-state index contributed by atoms with van der Waals surface area (Å²) in [4.78, 5) is 14.5. The number of phenols is 1. The molecule has 0 aliphatic carbocycles. The maximum absolute atomic E-state index is 12.1. The average Bonchev–Trinajstić information content (AvgIpc) is 2.58. The van der Waals surface area contributed by atoms with Gasteiger partial charge in [0.05, 0.1) is 10.6 Å². The molecule has 5 heteroatoms. The average molecular weight is 345 g/mol. The lowest BCUT2D eigenvalue weighted by molar-refractivity contribution is 0.0949. The summed E-state index contributed by atoms with van der Waals surface area (Å²) in [7, 11) is 0. The molecule has 0 fully saturated rings. The molecule has 0 atom stereocenters. The van der Waals surface area contributed by atoms with Crippen LogP contribution in [-0.4, -0.2) is 35.5 Å². The monoisotopic (exact) mass is 344 g/mol. The van der Waals surface area contributed by atoms with E-state index in [1.165, 1.54) is 17.2 Å². The van der Waals surface area contributed by atoms with Gasteiger partial charge < -0.3 is 10.4 Å². The Morgan fingerprint density at radius 1 is 1.17 bits per heavy atom. The van der Waals surface area contributed by atoms with E-state index in [1.807, 2.05) is 0 Å². The highest BCUT2D eigenvalue weighted by atomic mass is 35.5. The van der Waals surface area contributed by atoms with E-state index in [4.69, 9.17) is 11.6 Å². The molecule has 0 bridgehead atoms. The first-order valence-corrected chi connectivity index (χ1v) is 8.58. The zero-order valence-corrected chi connectivity index (χ0v) is 14.2. The molecule has 2 N–H and O–H groups in total. The van der Waals surface area contributed by atoms with E-state index in [0.717, 1.165) is 32.5 Å². The highest BCUT2D eigenvalue weighted by Gasteiger charge is 2.16. The maximum Gasteiger partial charge on any atom is 0.256 e. The van der Waals surface area contributed by atoms with E-state index in [0.29, 0.717) is 6.54 Å². The number of phenolic OH excluding ortho intramolecular Hbond substituents is 1. The predicted molar refractivity (Wildman–Crippen MR) is 95.5 cm³/mol. The Morgan fingerprint density at radius 3 is 2.75 bits per heavy atom. The molecular weight excluding hydrogens is 324 g/mol. The second-order valence-corrected chi connectivity index (χ2v) is 6.45. The first kappa shape index (κ1) is 16.8. The standard InChI is InChI=1S/C19H21ClN2O2/c20-16-7-3-8-17(23)18(16)19(24)21-10-4-11-22-12-9-14-5-1-2-6-15(14)13-22/h1-3,5-8,23H,4,9-13H2,(H,21,24). The number of hydrogen-bond acceptors (Lipinski definition) is 3. The van der Waals surface area contributed by atoms with Crippen molar-refractivity contribution in [2.75, 3.05) is 19.6 Å². The summed E-state index contributed by atoms with van der Waals surface area (Å²) in [6.45, 7) is 3.51. The molecule has 3 rings (SSSR count). The van der Waals surface area contributed by atoms with Crippen molar-refractivity contribution in [3.8, 4) is 5.75 Å². The van der Waals surface area contributed by atoms with Crippen LogP contribution >= 0.6 is 11.6 Å². The molecule has 1 heterocycles. The van der Waals surface area contributed by atoms with Gasteiger partial charge in [-0.3, -0.25) is 9.69 Å². The van der Waals surface area contributed by atoms with Gasteiger partial charge in [0.25, 0.3) is 5.91 Å². The number of aromatic hydroxyl groups is 1.